The first-order valence-corrected chi connectivity index (χ1v) is 7.43. The van der Waals surface area contributed by atoms with Gasteiger partial charge in [-0.25, -0.2) is 4.39 Å². The number of nitrogens with one attached hydrogen (secondary N) is 1. The van der Waals surface area contributed by atoms with E-state index in [1.54, 1.807) is 12.1 Å². The van der Waals surface area contributed by atoms with Gasteiger partial charge >= 0.3 is 0 Å². The fourth-order valence-corrected chi connectivity index (χ4v) is 2.82. The number of benzene rings is 2. The molecule has 0 saturated carbocycles. The Labute approximate surface area is 130 Å². The maximum atomic E-state index is 13.6. The fourth-order valence-electron chi connectivity index (χ4n) is 2.26. The molecule has 3 rings (SSSR count). The van der Waals surface area contributed by atoms with Crippen molar-refractivity contribution in [1.29, 1.82) is 0 Å². The Balaban J connectivity index is 1.65. The van der Waals surface area contributed by atoms with Crippen LogP contribution in [0, 0.1) is 5.82 Å². The maximum Gasteiger partial charge on any atom is 0.146 e. The van der Waals surface area contributed by atoms with Crippen molar-refractivity contribution in [1.82, 2.24) is 0 Å². The van der Waals surface area contributed by atoms with Crippen LogP contribution in [-0.2, 0) is 6.42 Å². The highest BCUT2D eigenvalue weighted by molar-refractivity contribution is 9.10. The summed E-state index contributed by atoms with van der Waals surface area (Å²) in [6.45, 7) is 0.541. The normalized spacial score (nSPS) is 16.6. The highest BCUT2D eigenvalue weighted by Crippen LogP contribution is 2.31. The summed E-state index contributed by atoms with van der Waals surface area (Å²) in [6.07, 6.45) is 0.764. The number of rotatable bonds is 3. The predicted molar refractivity (Wildman–Crippen MR) is 82.2 cm³/mol. The Bertz CT molecular complexity index is 650. The van der Waals surface area contributed by atoms with E-state index in [-0.39, 0.29) is 11.9 Å². The lowest BCUT2D eigenvalue weighted by Gasteiger charge is -2.13. The molecule has 2 aromatic carbocycles. The van der Waals surface area contributed by atoms with Crippen molar-refractivity contribution in [3.8, 4) is 5.75 Å². The van der Waals surface area contributed by atoms with Crippen molar-refractivity contribution in [2.24, 2.45) is 0 Å². The molecular weight excluding hydrogens is 345 g/mol. The number of halogens is 3. The van der Waals surface area contributed by atoms with Crippen LogP contribution >= 0.6 is 27.5 Å². The lowest BCUT2D eigenvalue weighted by molar-refractivity contribution is 0.246. The van der Waals surface area contributed by atoms with Gasteiger partial charge in [0, 0.05) is 15.9 Å². The summed E-state index contributed by atoms with van der Waals surface area (Å²) in [4.78, 5) is 0. The minimum atomic E-state index is -0.272. The van der Waals surface area contributed by atoms with Crippen molar-refractivity contribution < 1.29 is 9.13 Å². The molecule has 0 fully saturated rings. The largest absolute Gasteiger partial charge is 0.488 e. The lowest BCUT2D eigenvalue weighted by atomic mass is 10.1. The SMILES string of the molecule is Fc1ccc(Br)cc1NCC1Cc2cc(Cl)ccc2O1. The van der Waals surface area contributed by atoms with E-state index >= 15 is 0 Å². The third kappa shape index (κ3) is 2.91. The molecule has 1 atom stereocenters. The van der Waals surface area contributed by atoms with Crippen molar-refractivity contribution in [2.75, 3.05) is 11.9 Å². The Morgan fingerprint density at radius 3 is 3.00 bits per heavy atom. The molecule has 0 saturated heterocycles. The van der Waals surface area contributed by atoms with E-state index in [9.17, 15) is 4.39 Å². The standard InChI is InChI=1S/C15H12BrClFNO/c16-10-1-3-13(18)14(7-10)19-8-12-6-9-5-11(17)2-4-15(9)20-12/h1-5,7,12,19H,6,8H2. The quantitative estimate of drug-likeness (QED) is 0.864. The summed E-state index contributed by atoms with van der Waals surface area (Å²) in [7, 11) is 0. The van der Waals surface area contributed by atoms with E-state index in [0.29, 0.717) is 17.3 Å². The van der Waals surface area contributed by atoms with Gasteiger partial charge in [0.05, 0.1) is 12.2 Å². The van der Waals surface area contributed by atoms with Gasteiger partial charge in [-0.1, -0.05) is 27.5 Å². The Morgan fingerprint density at radius 2 is 2.15 bits per heavy atom. The summed E-state index contributed by atoms with van der Waals surface area (Å²) in [5.41, 5.74) is 1.57. The molecule has 1 aliphatic rings. The van der Waals surface area contributed by atoms with Crippen molar-refractivity contribution >= 4 is 33.2 Å². The van der Waals surface area contributed by atoms with Gasteiger partial charge in [0.25, 0.3) is 0 Å². The van der Waals surface area contributed by atoms with Crippen LogP contribution in [0.2, 0.25) is 5.02 Å². The zero-order valence-corrected chi connectivity index (χ0v) is 12.8. The molecule has 0 spiro atoms. The molecule has 0 radical (unpaired) electrons. The van der Waals surface area contributed by atoms with Crippen molar-refractivity contribution in [2.45, 2.75) is 12.5 Å². The van der Waals surface area contributed by atoms with Crippen LogP contribution in [0.25, 0.3) is 0 Å². The Hall–Kier alpha value is -1.26. The van der Waals surface area contributed by atoms with E-state index in [2.05, 4.69) is 21.2 Å². The summed E-state index contributed by atoms with van der Waals surface area (Å²) in [5.74, 6) is 0.586. The number of fused-ring (bicyclic) bond motifs is 1. The fraction of sp³-hybridized carbons (Fsp3) is 0.200. The van der Waals surface area contributed by atoms with Gasteiger partial charge in [-0.05, 0) is 42.0 Å². The molecule has 1 aliphatic heterocycles. The maximum absolute atomic E-state index is 13.6. The van der Waals surface area contributed by atoms with Gasteiger partial charge in [0.1, 0.15) is 17.7 Å². The molecule has 0 bridgehead atoms. The van der Waals surface area contributed by atoms with Gasteiger partial charge in [-0.15, -0.1) is 0 Å². The van der Waals surface area contributed by atoms with E-state index in [1.807, 2.05) is 18.2 Å². The van der Waals surface area contributed by atoms with Crippen LogP contribution in [0.15, 0.2) is 40.9 Å². The Kier molecular flexibility index (Phi) is 3.85. The van der Waals surface area contributed by atoms with Gasteiger partial charge < -0.3 is 10.1 Å². The van der Waals surface area contributed by atoms with Crippen LogP contribution in [-0.4, -0.2) is 12.6 Å². The second-order valence-electron chi connectivity index (χ2n) is 4.70. The molecule has 2 aromatic rings. The molecule has 1 unspecified atom stereocenters. The molecular formula is C15H12BrClFNO. The minimum absolute atomic E-state index is 0.0122. The molecule has 0 amide bonds. The van der Waals surface area contributed by atoms with Crippen LogP contribution < -0.4 is 10.1 Å². The first-order chi connectivity index (χ1) is 9.61. The molecule has 1 N–H and O–H groups in total. The van der Waals surface area contributed by atoms with Gasteiger partial charge in [-0.3, -0.25) is 0 Å². The molecule has 2 nitrogen and oxygen atoms in total. The van der Waals surface area contributed by atoms with Crippen molar-refractivity contribution in [3.05, 3.63) is 57.3 Å². The zero-order valence-electron chi connectivity index (χ0n) is 10.5. The van der Waals surface area contributed by atoms with E-state index < -0.39 is 0 Å². The number of hydrogen-bond donors (Lipinski definition) is 1. The van der Waals surface area contributed by atoms with Gasteiger partial charge in [0.15, 0.2) is 0 Å². The molecule has 0 aromatic heterocycles. The lowest BCUT2D eigenvalue weighted by Crippen LogP contribution is -2.24. The number of hydrogen-bond acceptors (Lipinski definition) is 2. The smallest absolute Gasteiger partial charge is 0.146 e. The average molecular weight is 357 g/mol. The van der Waals surface area contributed by atoms with Crippen LogP contribution in [0.4, 0.5) is 10.1 Å². The number of ether oxygens (including phenoxy) is 1. The molecule has 5 heteroatoms. The van der Waals surface area contributed by atoms with Crippen molar-refractivity contribution in [3.63, 3.8) is 0 Å². The van der Waals surface area contributed by atoms with Crippen LogP contribution in [0.5, 0.6) is 5.75 Å². The minimum Gasteiger partial charge on any atom is -0.488 e. The molecule has 20 heavy (non-hydrogen) atoms. The second-order valence-corrected chi connectivity index (χ2v) is 6.05. The van der Waals surface area contributed by atoms with Crippen LogP contribution in [0.3, 0.4) is 0 Å². The average Bonchev–Trinajstić information content (AvgIpc) is 2.81. The second kappa shape index (κ2) is 5.62. The number of anilines is 1. The monoisotopic (exact) mass is 355 g/mol. The summed E-state index contributed by atoms with van der Waals surface area (Å²) in [6, 6.07) is 10.4. The summed E-state index contributed by atoms with van der Waals surface area (Å²) < 4.78 is 20.3. The topological polar surface area (TPSA) is 21.3 Å². The van der Waals surface area contributed by atoms with E-state index in [1.165, 1.54) is 6.07 Å². The van der Waals surface area contributed by atoms with Crippen LogP contribution in [0.1, 0.15) is 5.56 Å². The Morgan fingerprint density at radius 1 is 1.30 bits per heavy atom. The van der Waals surface area contributed by atoms with E-state index in [4.69, 9.17) is 16.3 Å². The molecule has 1 heterocycles. The first kappa shape index (κ1) is 13.7. The van der Waals surface area contributed by atoms with E-state index in [0.717, 1.165) is 22.2 Å². The third-order valence-corrected chi connectivity index (χ3v) is 3.94. The molecule has 0 aliphatic carbocycles. The van der Waals surface area contributed by atoms with Gasteiger partial charge in [-0.2, -0.15) is 0 Å². The zero-order chi connectivity index (χ0) is 14.1. The third-order valence-electron chi connectivity index (χ3n) is 3.21. The molecule has 104 valence electrons. The first-order valence-electron chi connectivity index (χ1n) is 6.26. The predicted octanol–water partition coefficient (Wildman–Crippen LogP) is 4.66. The summed E-state index contributed by atoms with van der Waals surface area (Å²) in [5, 5.41) is 3.79. The van der Waals surface area contributed by atoms with Gasteiger partial charge in [0.2, 0.25) is 0 Å². The summed E-state index contributed by atoms with van der Waals surface area (Å²) >= 11 is 9.28. The highest BCUT2D eigenvalue weighted by atomic mass is 79.9. The highest BCUT2D eigenvalue weighted by Gasteiger charge is 2.23.